The summed E-state index contributed by atoms with van der Waals surface area (Å²) in [5, 5.41) is 11.2. The van der Waals surface area contributed by atoms with Crippen LogP contribution < -0.4 is 0 Å². The van der Waals surface area contributed by atoms with Crippen molar-refractivity contribution in [1.29, 1.82) is 0 Å². The van der Waals surface area contributed by atoms with E-state index in [0.29, 0.717) is 10.6 Å². The molecule has 0 aliphatic heterocycles. The molecule has 0 aromatic heterocycles. The number of Topliss-reactive ketones (excluding diaryl/α,β-unsaturated/α-hetero) is 1. The van der Waals surface area contributed by atoms with Gasteiger partial charge in [0, 0.05) is 21.4 Å². The summed E-state index contributed by atoms with van der Waals surface area (Å²) in [5.41, 5.74) is 2.40. The number of carbonyl (C=O) groups is 1. The molecule has 0 heterocycles. The van der Waals surface area contributed by atoms with E-state index in [1.54, 1.807) is 23.9 Å². The summed E-state index contributed by atoms with van der Waals surface area (Å²) in [5.74, 6) is 0.340. The number of benzene rings is 2. The Morgan fingerprint density at radius 2 is 1.74 bits per heavy atom. The van der Waals surface area contributed by atoms with Gasteiger partial charge in [0.05, 0.1) is 0 Å². The van der Waals surface area contributed by atoms with Crippen LogP contribution in [0.1, 0.15) is 24.0 Å². The zero-order valence-corrected chi connectivity index (χ0v) is 14.3. The second kappa shape index (κ2) is 6.91. The Balaban J connectivity index is 2.14. The van der Waals surface area contributed by atoms with Gasteiger partial charge in [-0.25, -0.2) is 0 Å². The molecule has 0 fully saturated rings. The monoisotopic (exact) mass is 344 g/mol. The minimum Gasteiger partial charge on any atom is -0.384 e. The fourth-order valence-corrected chi connectivity index (χ4v) is 4.18. The maximum atomic E-state index is 12.7. The Morgan fingerprint density at radius 1 is 1.09 bits per heavy atom. The summed E-state index contributed by atoms with van der Waals surface area (Å²) in [4.78, 5) is 13.6. The lowest BCUT2D eigenvalue weighted by atomic mass is 9.96. The molecule has 2 nitrogen and oxygen atoms in total. The van der Waals surface area contributed by atoms with Crippen LogP contribution in [0.2, 0.25) is 5.02 Å². The predicted molar refractivity (Wildman–Crippen MR) is 96.7 cm³/mol. The van der Waals surface area contributed by atoms with Crippen LogP contribution in [0.15, 0.2) is 59.5 Å². The standard InChI is InChI=1S/C19H17ClO2S/c1-2-23-19-15(12-6-4-3-5-7-12)17(21)18(22)16(19)13-8-10-14(20)11-9-13/h3-11,15,17,21H,2H2,1H3. The van der Waals surface area contributed by atoms with Crippen molar-refractivity contribution in [2.75, 3.05) is 5.75 Å². The van der Waals surface area contributed by atoms with E-state index in [2.05, 4.69) is 0 Å². The highest BCUT2D eigenvalue weighted by molar-refractivity contribution is 8.03. The number of ketones is 1. The number of hydrogen-bond donors (Lipinski definition) is 1. The highest BCUT2D eigenvalue weighted by Crippen LogP contribution is 2.47. The summed E-state index contributed by atoms with van der Waals surface area (Å²) in [6, 6.07) is 16.9. The van der Waals surface area contributed by atoms with Crippen LogP contribution in [-0.2, 0) is 4.79 Å². The summed E-state index contributed by atoms with van der Waals surface area (Å²) in [6.45, 7) is 2.05. The van der Waals surface area contributed by atoms with Crippen molar-refractivity contribution in [2.24, 2.45) is 0 Å². The molecule has 0 saturated heterocycles. The molecule has 1 N–H and O–H groups in total. The molecule has 2 aromatic carbocycles. The van der Waals surface area contributed by atoms with Crippen LogP contribution in [0.25, 0.3) is 5.57 Å². The van der Waals surface area contributed by atoms with Gasteiger partial charge in [-0.15, -0.1) is 11.8 Å². The number of carbonyl (C=O) groups excluding carboxylic acids is 1. The van der Waals surface area contributed by atoms with Gasteiger partial charge in [-0.2, -0.15) is 0 Å². The van der Waals surface area contributed by atoms with E-state index in [9.17, 15) is 9.90 Å². The van der Waals surface area contributed by atoms with Gasteiger partial charge in [0.15, 0.2) is 5.78 Å². The Labute approximate surface area is 145 Å². The molecule has 2 aromatic rings. The quantitative estimate of drug-likeness (QED) is 0.885. The normalized spacial score (nSPS) is 21.1. The molecule has 0 amide bonds. The Kier molecular flexibility index (Phi) is 4.90. The Morgan fingerprint density at radius 3 is 2.35 bits per heavy atom. The van der Waals surface area contributed by atoms with Crippen molar-refractivity contribution in [3.05, 3.63) is 75.7 Å². The molecule has 1 aliphatic carbocycles. The van der Waals surface area contributed by atoms with Crippen LogP contribution in [0.3, 0.4) is 0 Å². The van der Waals surface area contributed by atoms with E-state index in [1.807, 2.05) is 49.4 Å². The first-order valence-electron chi connectivity index (χ1n) is 7.53. The third kappa shape index (κ3) is 3.09. The minimum atomic E-state index is -1.03. The molecule has 118 valence electrons. The van der Waals surface area contributed by atoms with Crippen molar-refractivity contribution in [3.8, 4) is 0 Å². The van der Waals surface area contributed by atoms with Crippen molar-refractivity contribution in [2.45, 2.75) is 18.9 Å². The molecular formula is C19H17ClO2S. The van der Waals surface area contributed by atoms with Gasteiger partial charge in [-0.3, -0.25) is 4.79 Å². The summed E-state index contributed by atoms with van der Waals surface area (Å²) in [7, 11) is 0. The summed E-state index contributed by atoms with van der Waals surface area (Å²) < 4.78 is 0. The molecular weight excluding hydrogens is 328 g/mol. The lowest BCUT2D eigenvalue weighted by Crippen LogP contribution is -2.22. The number of rotatable bonds is 4. The summed E-state index contributed by atoms with van der Waals surface area (Å²) in [6.07, 6.45) is -1.03. The van der Waals surface area contributed by atoms with Crippen LogP contribution in [0.5, 0.6) is 0 Å². The topological polar surface area (TPSA) is 37.3 Å². The second-order valence-corrected chi connectivity index (χ2v) is 7.12. The van der Waals surface area contributed by atoms with Gasteiger partial charge in [0.2, 0.25) is 0 Å². The van der Waals surface area contributed by atoms with Crippen LogP contribution in [0, 0.1) is 0 Å². The average Bonchev–Trinajstić information content (AvgIpc) is 2.81. The van der Waals surface area contributed by atoms with E-state index < -0.39 is 6.10 Å². The van der Waals surface area contributed by atoms with Gasteiger partial charge < -0.3 is 5.11 Å². The van der Waals surface area contributed by atoms with Crippen molar-refractivity contribution in [3.63, 3.8) is 0 Å². The second-order valence-electron chi connectivity index (χ2n) is 5.38. The predicted octanol–water partition coefficient (Wildman–Crippen LogP) is 4.53. The van der Waals surface area contributed by atoms with E-state index in [0.717, 1.165) is 21.8 Å². The van der Waals surface area contributed by atoms with Gasteiger partial charge in [-0.1, -0.05) is 61.0 Å². The lowest BCUT2D eigenvalue weighted by Gasteiger charge is -2.17. The van der Waals surface area contributed by atoms with Crippen LogP contribution in [0.4, 0.5) is 0 Å². The van der Waals surface area contributed by atoms with Crippen molar-refractivity contribution < 1.29 is 9.90 Å². The fraction of sp³-hybridized carbons (Fsp3) is 0.211. The first kappa shape index (κ1) is 16.3. The fourth-order valence-electron chi connectivity index (χ4n) is 2.93. The highest BCUT2D eigenvalue weighted by atomic mass is 35.5. The first-order valence-corrected chi connectivity index (χ1v) is 8.90. The SMILES string of the molecule is CCSC1=C(c2ccc(Cl)cc2)C(=O)C(O)C1c1ccccc1. The van der Waals surface area contributed by atoms with E-state index in [-0.39, 0.29) is 11.7 Å². The lowest BCUT2D eigenvalue weighted by molar-refractivity contribution is -0.120. The molecule has 2 atom stereocenters. The molecule has 0 saturated carbocycles. The molecule has 0 spiro atoms. The highest BCUT2D eigenvalue weighted by Gasteiger charge is 2.42. The third-order valence-electron chi connectivity index (χ3n) is 3.95. The van der Waals surface area contributed by atoms with Gasteiger partial charge in [0.1, 0.15) is 6.10 Å². The van der Waals surface area contributed by atoms with E-state index in [1.165, 1.54) is 0 Å². The Bertz CT molecular complexity index is 738. The third-order valence-corrected chi connectivity index (χ3v) is 5.26. The maximum absolute atomic E-state index is 12.7. The maximum Gasteiger partial charge on any atom is 0.193 e. The van der Waals surface area contributed by atoms with Crippen LogP contribution >= 0.6 is 23.4 Å². The molecule has 1 aliphatic rings. The van der Waals surface area contributed by atoms with Gasteiger partial charge >= 0.3 is 0 Å². The number of aliphatic hydroxyl groups is 1. The van der Waals surface area contributed by atoms with Gasteiger partial charge in [-0.05, 0) is 29.0 Å². The first-order chi connectivity index (χ1) is 11.1. The Hall–Kier alpha value is -1.55. The molecule has 23 heavy (non-hydrogen) atoms. The number of halogens is 1. The number of aliphatic hydroxyl groups excluding tert-OH is 1. The zero-order valence-electron chi connectivity index (χ0n) is 12.7. The zero-order chi connectivity index (χ0) is 16.4. The smallest absolute Gasteiger partial charge is 0.193 e. The van der Waals surface area contributed by atoms with E-state index in [4.69, 9.17) is 11.6 Å². The average molecular weight is 345 g/mol. The molecule has 4 heteroatoms. The molecule has 0 bridgehead atoms. The number of thioether (sulfide) groups is 1. The van der Waals surface area contributed by atoms with Gasteiger partial charge in [0.25, 0.3) is 0 Å². The van der Waals surface area contributed by atoms with Crippen LogP contribution in [-0.4, -0.2) is 22.7 Å². The molecule has 0 radical (unpaired) electrons. The largest absolute Gasteiger partial charge is 0.384 e. The molecule has 3 rings (SSSR count). The molecule has 2 unspecified atom stereocenters. The van der Waals surface area contributed by atoms with E-state index >= 15 is 0 Å². The minimum absolute atomic E-state index is 0.211. The number of hydrogen-bond acceptors (Lipinski definition) is 3. The van der Waals surface area contributed by atoms with Crippen molar-refractivity contribution >= 4 is 34.7 Å². The van der Waals surface area contributed by atoms with Crippen molar-refractivity contribution in [1.82, 2.24) is 0 Å². The summed E-state index contributed by atoms with van der Waals surface area (Å²) >= 11 is 7.57.